The van der Waals surface area contributed by atoms with Crippen LogP contribution in [0.25, 0.3) is 10.2 Å². The second kappa shape index (κ2) is 8.90. The molecule has 0 bridgehead atoms. The minimum absolute atomic E-state index is 0.153. The van der Waals surface area contributed by atoms with Crippen LogP contribution in [0, 0.1) is 0 Å². The first-order chi connectivity index (χ1) is 16.4. The molecular weight excluding hydrogens is 497 g/mol. The maximum Gasteiger partial charge on any atom is 0.331 e. The minimum atomic E-state index is -0.425. The number of carbonyl (C=O) groups is 3. The van der Waals surface area contributed by atoms with Gasteiger partial charge in [0.2, 0.25) is 5.91 Å². The van der Waals surface area contributed by atoms with Gasteiger partial charge in [0.15, 0.2) is 0 Å². The molecule has 3 aromatic rings. The second-order valence-corrected chi connectivity index (χ2v) is 9.79. The molecule has 1 saturated heterocycles. The molecule has 8 nitrogen and oxygen atoms in total. The van der Waals surface area contributed by atoms with Crippen molar-refractivity contribution in [1.29, 1.82) is 0 Å². The van der Waals surface area contributed by atoms with Gasteiger partial charge in [-0.15, -0.1) is 11.3 Å². The molecule has 0 aliphatic carbocycles. The number of pyridine rings is 1. The SMILES string of the molecule is C=CC(=O)N1CCC[C@@H](NC(=O)c2sc3nccc4c3c2NC(=O)N4c2ccc(Cl)c(Cl)c2)C1. The first-order valence-electron chi connectivity index (χ1n) is 10.6. The molecule has 11 heteroatoms. The molecule has 0 radical (unpaired) electrons. The van der Waals surface area contributed by atoms with Crippen molar-refractivity contribution in [3.05, 3.63) is 58.0 Å². The number of urea groups is 1. The van der Waals surface area contributed by atoms with Crippen LogP contribution < -0.4 is 15.5 Å². The number of aromatic nitrogens is 1. The lowest BCUT2D eigenvalue weighted by Crippen LogP contribution is -2.49. The fourth-order valence-corrected chi connectivity index (χ4v) is 5.61. The average Bonchev–Trinajstić information content (AvgIpc) is 3.20. The van der Waals surface area contributed by atoms with Gasteiger partial charge in [-0.2, -0.15) is 0 Å². The fraction of sp³-hybridized carbons (Fsp3) is 0.217. The van der Waals surface area contributed by atoms with Gasteiger partial charge in [-0.3, -0.25) is 14.5 Å². The Balaban J connectivity index is 1.48. The smallest absolute Gasteiger partial charge is 0.331 e. The lowest BCUT2D eigenvalue weighted by Gasteiger charge is -2.32. The summed E-state index contributed by atoms with van der Waals surface area (Å²) in [7, 11) is 0. The van der Waals surface area contributed by atoms with Crippen LogP contribution in [0.15, 0.2) is 43.1 Å². The number of likely N-dealkylation sites (tertiary alicyclic amines) is 1. The third-order valence-corrected chi connectivity index (χ3v) is 7.69. The van der Waals surface area contributed by atoms with Crippen molar-refractivity contribution in [3.8, 4) is 0 Å². The van der Waals surface area contributed by atoms with Gasteiger partial charge in [-0.25, -0.2) is 9.78 Å². The van der Waals surface area contributed by atoms with Crippen LogP contribution in [0.5, 0.6) is 0 Å². The summed E-state index contributed by atoms with van der Waals surface area (Å²) >= 11 is 13.4. The number of piperidine rings is 1. The number of hydrogen-bond acceptors (Lipinski definition) is 5. The maximum atomic E-state index is 13.2. The van der Waals surface area contributed by atoms with Crippen LogP contribution in [-0.2, 0) is 4.79 Å². The molecule has 0 saturated carbocycles. The second-order valence-electron chi connectivity index (χ2n) is 7.98. The summed E-state index contributed by atoms with van der Waals surface area (Å²) in [5.41, 5.74) is 1.56. The highest BCUT2D eigenvalue weighted by atomic mass is 35.5. The Kier molecular flexibility index (Phi) is 5.93. The number of rotatable bonds is 4. The highest BCUT2D eigenvalue weighted by Crippen LogP contribution is 2.46. The Labute approximate surface area is 209 Å². The number of anilines is 3. The molecule has 2 aliphatic rings. The third-order valence-electron chi connectivity index (χ3n) is 5.86. The Bertz CT molecular complexity index is 1360. The van der Waals surface area contributed by atoms with E-state index in [1.807, 2.05) is 0 Å². The quantitative estimate of drug-likeness (QED) is 0.467. The van der Waals surface area contributed by atoms with E-state index in [-0.39, 0.29) is 17.9 Å². The topological polar surface area (TPSA) is 94.6 Å². The molecule has 1 fully saturated rings. The number of nitrogens with one attached hydrogen (secondary N) is 2. The van der Waals surface area contributed by atoms with E-state index >= 15 is 0 Å². The highest BCUT2D eigenvalue weighted by Gasteiger charge is 2.34. The number of halogens is 2. The van der Waals surface area contributed by atoms with Gasteiger partial charge in [0.25, 0.3) is 5.91 Å². The number of hydrogen-bond donors (Lipinski definition) is 2. The Hall–Kier alpha value is -3.14. The normalized spacial score (nSPS) is 17.5. The molecule has 2 aromatic heterocycles. The minimum Gasteiger partial charge on any atom is -0.347 e. The summed E-state index contributed by atoms with van der Waals surface area (Å²) in [6.07, 6.45) is 4.42. The molecule has 1 atom stereocenters. The zero-order valence-corrected chi connectivity index (χ0v) is 20.1. The summed E-state index contributed by atoms with van der Waals surface area (Å²) in [5, 5.41) is 7.25. The summed E-state index contributed by atoms with van der Waals surface area (Å²) in [6, 6.07) is 6.04. The van der Waals surface area contributed by atoms with Crippen molar-refractivity contribution in [1.82, 2.24) is 15.2 Å². The van der Waals surface area contributed by atoms with Crippen LogP contribution in [0.2, 0.25) is 10.0 Å². The summed E-state index contributed by atoms with van der Waals surface area (Å²) in [4.78, 5) is 46.9. The molecule has 4 amide bonds. The molecule has 174 valence electrons. The summed E-state index contributed by atoms with van der Waals surface area (Å²) in [5.74, 6) is -0.468. The van der Waals surface area contributed by atoms with Gasteiger partial charge in [-0.05, 0) is 43.2 Å². The Morgan fingerprint density at radius 2 is 2.09 bits per heavy atom. The third kappa shape index (κ3) is 3.89. The summed E-state index contributed by atoms with van der Waals surface area (Å²) in [6.45, 7) is 4.59. The monoisotopic (exact) mass is 515 g/mol. The largest absolute Gasteiger partial charge is 0.347 e. The number of nitrogens with zero attached hydrogens (tertiary/aromatic N) is 3. The number of benzene rings is 1. The van der Waals surface area contributed by atoms with E-state index in [2.05, 4.69) is 22.2 Å². The van der Waals surface area contributed by atoms with Crippen molar-refractivity contribution in [3.63, 3.8) is 0 Å². The fourth-order valence-electron chi connectivity index (χ4n) is 4.30. The van der Waals surface area contributed by atoms with Crippen molar-refractivity contribution >= 4 is 79.7 Å². The Morgan fingerprint density at radius 1 is 1.26 bits per heavy atom. The van der Waals surface area contributed by atoms with E-state index < -0.39 is 6.03 Å². The van der Waals surface area contributed by atoms with Gasteiger partial charge in [-0.1, -0.05) is 29.8 Å². The van der Waals surface area contributed by atoms with Gasteiger partial charge < -0.3 is 15.5 Å². The zero-order valence-electron chi connectivity index (χ0n) is 17.8. The summed E-state index contributed by atoms with van der Waals surface area (Å²) < 4.78 is 0. The molecular formula is C23H19Cl2N5O3S. The van der Waals surface area contributed by atoms with Crippen LogP contribution >= 0.6 is 34.5 Å². The van der Waals surface area contributed by atoms with Gasteiger partial charge in [0.05, 0.1) is 32.5 Å². The molecule has 4 heterocycles. The predicted octanol–water partition coefficient (Wildman–Crippen LogP) is 5.19. The first kappa shape index (κ1) is 22.6. The van der Waals surface area contributed by atoms with Crippen molar-refractivity contribution in [2.45, 2.75) is 18.9 Å². The number of thiophene rings is 1. The average molecular weight is 516 g/mol. The molecule has 5 rings (SSSR count). The van der Waals surface area contributed by atoms with Crippen LogP contribution in [0.1, 0.15) is 22.5 Å². The molecule has 2 aliphatic heterocycles. The van der Waals surface area contributed by atoms with E-state index in [9.17, 15) is 14.4 Å². The zero-order chi connectivity index (χ0) is 24.0. The van der Waals surface area contributed by atoms with Gasteiger partial charge in [0.1, 0.15) is 9.71 Å². The number of amides is 4. The lowest BCUT2D eigenvalue weighted by molar-refractivity contribution is -0.127. The van der Waals surface area contributed by atoms with Crippen molar-refractivity contribution < 1.29 is 14.4 Å². The molecule has 0 spiro atoms. The van der Waals surface area contributed by atoms with Gasteiger partial charge >= 0.3 is 6.03 Å². The standard InChI is InChI=1S/C23H19Cl2N5O3S/c1-2-17(31)29-9-3-4-12(11-29)27-21(32)20-19-18-16(7-8-26-22(18)34-20)30(23(33)28-19)13-5-6-14(24)15(25)10-13/h2,5-8,10,12H,1,3-4,9,11H2,(H,27,32)(H,28,33)/t12-/m1/s1. The van der Waals surface area contributed by atoms with Crippen molar-refractivity contribution in [2.24, 2.45) is 0 Å². The van der Waals surface area contributed by atoms with Crippen LogP contribution in [-0.4, -0.2) is 46.9 Å². The van der Waals surface area contributed by atoms with E-state index in [4.69, 9.17) is 23.2 Å². The molecule has 0 unspecified atom stereocenters. The highest BCUT2D eigenvalue weighted by molar-refractivity contribution is 7.21. The first-order valence-corrected chi connectivity index (χ1v) is 12.1. The maximum absolute atomic E-state index is 13.2. The van der Waals surface area contributed by atoms with E-state index in [0.29, 0.717) is 55.3 Å². The van der Waals surface area contributed by atoms with E-state index in [1.54, 1.807) is 35.4 Å². The van der Waals surface area contributed by atoms with Crippen LogP contribution in [0.3, 0.4) is 0 Å². The predicted molar refractivity (Wildman–Crippen MR) is 135 cm³/mol. The van der Waals surface area contributed by atoms with Gasteiger partial charge in [0, 0.05) is 25.3 Å². The molecule has 2 N–H and O–H groups in total. The van der Waals surface area contributed by atoms with E-state index in [1.165, 1.54) is 22.3 Å². The van der Waals surface area contributed by atoms with E-state index in [0.717, 1.165) is 12.8 Å². The molecule has 1 aromatic carbocycles. The Morgan fingerprint density at radius 3 is 2.85 bits per heavy atom. The van der Waals surface area contributed by atoms with Crippen LogP contribution in [0.4, 0.5) is 21.9 Å². The van der Waals surface area contributed by atoms with Crippen molar-refractivity contribution in [2.75, 3.05) is 23.3 Å². The lowest BCUT2D eigenvalue weighted by atomic mass is 10.1. The molecule has 34 heavy (non-hydrogen) atoms. The number of carbonyl (C=O) groups excluding carboxylic acids is 3.